The van der Waals surface area contributed by atoms with E-state index in [1.807, 2.05) is 0 Å². The third-order valence-corrected chi connectivity index (χ3v) is 4.22. The molecule has 0 amide bonds. The summed E-state index contributed by atoms with van der Waals surface area (Å²) in [5.41, 5.74) is 8.18. The third-order valence-electron chi connectivity index (χ3n) is 3.89. The predicted octanol–water partition coefficient (Wildman–Crippen LogP) is 3.04. The van der Waals surface area contributed by atoms with E-state index in [4.69, 9.17) is 17.3 Å². The van der Waals surface area contributed by atoms with Gasteiger partial charge in [0.2, 0.25) is 0 Å². The smallest absolute Gasteiger partial charge is 0.0443 e. The summed E-state index contributed by atoms with van der Waals surface area (Å²) in [5.74, 6) is 0.636. The van der Waals surface area contributed by atoms with Gasteiger partial charge in [0.05, 0.1) is 0 Å². The molecule has 1 saturated heterocycles. The normalized spacial score (nSPS) is 18.2. The van der Waals surface area contributed by atoms with Crippen LogP contribution in [0.3, 0.4) is 0 Å². The molecule has 1 fully saturated rings. The number of benzene rings is 1. The van der Waals surface area contributed by atoms with Crippen molar-refractivity contribution in [2.75, 3.05) is 26.7 Å². The van der Waals surface area contributed by atoms with Crippen molar-refractivity contribution in [2.45, 2.75) is 31.6 Å². The molecular weight excluding hydrogens is 244 g/mol. The lowest BCUT2D eigenvalue weighted by Crippen LogP contribution is -2.29. The molecule has 1 aliphatic heterocycles. The molecule has 0 radical (unpaired) electrons. The standard InChI is InChI=1S/C15H23ClN2/c1-18-9-6-13(7-10-18)14-5-4-12(3-2-8-17)11-15(14)16/h4-5,11,13H,2-3,6-10,17H2,1H3. The van der Waals surface area contributed by atoms with Crippen LogP contribution in [0.4, 0.5) is 0 Å². The summed E-state index contributed by atoms with van der Waals surface area (Å²) in [5, 5.41) is 0.944. The van der Waals surface area contributed by atoms with E-state index in [1.165, 1.54) is 37.1 Å². The highest BCUT2D eigenvalue weighted by Crippen LogP contribution is 2.33. The van der Waals surface area contributed by atoms with Gasteiger partial charge in [-0.05, 0) is 75.5 Å². The number of nitrogens with zero attached hydrogens (tertiary/aromatic N) is 1. The first-order valence-corrected chi connectivity index (χ1v) is 7.25. The molecule has 0 spiro atoms. The Bertz CT molecular complexity index is 384. The second-order valence-corrected chi connectivity index (χ2v) is 5.73. The number of nitrogens with two attached hydrogens (primary N) is 1. The minimum absolute atomic E-state index is 0.636. The predicted molar refractivity (Wildman–Crippen MR) is 78.3 cm³/mol. The molecule has 1 aromatic rings. The van der Waals surface area contributed by atoms with Gasteiger partial charge < -0.3 is 10.6 Å². The van der Waals surface area contributed by atoms with Crippen molar-refractivity contribution in [2.24, 2.45) is 5.73 Å². The molecule has 0 bridgehead atoms. The Morgan fingerprint density at radius 3 is 2.67 bits per heavy atom. The summed E-state index contributed by atoms with van der Waals surface area (Å²) >= 11 is 6.43. The maximum absolute atomic E-state index is 6.43. The summed E-state index contributed by atoms with van der Waals surface area (Å²) in [6.07, 6.45) is 4.50. The van der Waals surface area contributed by atoms with E-state index >= 15 is 0 Å². The van der Waals surface area contributed by atoms with Crippen LogP contribution in [0.25, 0.3) is 0 Å². The molecule has 2 rings (SSSR count). The van der Waals surface area contributed by atoms with Gasteiger partial charge in [-0.3, -0.25) is 0 Å². The highest BCUT2D eigenvalue weighted by Gasteiger charge is 2.20. The average molecular weight is 267 g/mol. The van der Waals surface area contributed by atoms with E-state index in [1.54, 1.807) is 0 Å². The number of hydrogen-bond acceptors (Lipinski definition) is 2. The summed E-state index contributed by atoms with van der Waals surface area (Å²) < 4.78 is 0. The van der Waals surface area contributed by atoms with Crippen LogP contribution in [0.2, 0.25) is 5.02 Å². The van der Waals surface area contributed by atoms with Gasteiger partial charge in [-0.1, -0.05) is 23.7 Å². The largest absolute Gasteiger partial charge is 0.330 e. The molecule has 0 aliphatic carbocycles. The van der Waals surface area contributed by atoms with Gasteiger partial charge in [0, 0.05) is 5.02 Å². The monoisotopic (exact) mass is 266 g/mol. The van der Waals surface area contributed by atoms with Gasteiger partial charge in [0.25, 0.3) is 0 Å². The molecule has 0 atom stereocenters. The lowest BCUT2D eigenvalue weighted by molar-refractivity contribution is 0.255. The van der Waals surface area contributed by atoms with Crippen LogP contribution in [-0.4, -0.2) is 31.6 Å². The molecular formula is C15H23ClN2. The van der Waals surface area contributed by atoms with Crippen LogP contribution in [-0.2, 0) is 6.42 Å². The van der Waals surface area contributed by atoms with Crippen LogP contribution < -0.4 is 5.73 Å². The number of rotatable bonds is 4. The first-order valence-electron chi connectivity index (χ1n) is 6.87. The molecule has 0 saturated carbocycles. The van der Waals surface area contributed by atoms with Gasteiger partial charge in [-0.15, -0.1) is 0 Å². The van der Waals surface area contributed by atoms with Crippen LogP contribution in [0.1, 0.15) is 36.3 Å². The van der Waals surface area contributed by atoms with Crippen molar-refractivity contribution in [3.63, 3.8) is 0 Å². The van der Waals surface area contributed by atoms with E-state index in [2.05, 4.69) is 30.1 Å². The van der Waals surface area contributed by atoms with E-state index in [0.29, 0.717) is 5.92 Å². The highest BCUT2D eigenvalue weighted by molar-refractivity contribution is 6.31. The van der Waals surface area contributed by atoms with Gasteiger partial charge in [0.1, 0.15) is 0 Å². The third kappa shape index (κ3) is 3.47. The second kappa shape index (κ2) is 6.55. The van der Waals surface area contributed by atoms with Crippen molar-refractivity contribution in [1.82, 2.24) is 4.90 Å². The van der Waals surface area contributed by atoms with Crippen molar-refractivity contribution < 1.29 is 0 Å². The molecule has 0 aromatic heterocycles. The molecule has 100 valence electrons. The topological polar surface area (TPSA) is 29.3 Å². The zero-order valence-electron chi connectivity index (χ0n) is 11.2. The fraction of sp³-hybridized carbons (Fsp3) is 0.600. The summed E-state index contributed by atoms with van der Waals surface area (Å²) in [7, 11) is 2.19. The minimum Gasteiger partial charge on any atom is -0.330 e. The Hall–Kier alpha value is -0.570. The number of aryl methyl sites for hydroxylation is 1. The number of hydrogen-bond donors (Lipinski definition) is 1. The summed E-state index contributed by atoms with van der Waals surface area (Å²) in [4.78, 5) is 2.39. The lowest BCUT2D eigenvalue weighted by Gasteiger charge is -2.29. The van der Waals surface area contributed by atoms with Gasteiger partial charge in [-0.25, -0.2) is 0 Å². The van der Waals surface area contributed by atoms with Crippen LogP contribution in [0.15, 0.2) is 18.2 Å². The van der Waals surface area contributed by atoms with E-state index in [-0.39, 0.29) is 0 Å². The molecule has 0 unspecified atom stereocenters. The number of halogens is 1. The Labute approximate surface area is 115 Å². The minimum atomic E-state index is 0.636. The first-order chi connectivity index (χ1) is 8.70. The van der Waals surface area contributed by atoms with E-state index < -0.39 is 0 Å². The summed E-state index contributed by atoms with van der Waals surface area (Å²) in [6, 6.07) is 6.57. The van der Waals surface area contributed by atoms with Gasteiger partial charge in [-0.2, -0.15) is 0 Å². The maximum atomic E-state index is 6.43. The zero-order chi connectivity index (χ0) is 13.0. The van der Waals surface area contributed by atoms with Gasteiger partial charge in [0.15, 0.2) is 0 Å². The Morgan fingerprint density at radius 1 is 1.33 bits per heavy atom. The lowest BCUT2D eigenvalue weighted by atomic mass is 9.89. The molecule has 1 aromatic carbocycles. The van der Waals surface area contributed by atoms with Crippen LogP contribution in [0.5, 0.6) is 0 Å². The molecule has 2 N–H and O–H groups in total. The second-order valence-electron chi connectivity index (χ2n) is 5.33. The van der Waals surface area contributed by atoms with E-state index in [0.717, 1.165) is 24.4 Å². The average Bonchev–Trinajstić information content (AvgIpc) is 2.38. The molecule has 1 heterocycles. The Kier molecular flexibility index (Phi) is 5.04. The highest BCUT2D eigenvalue weighted by atomic mass is 35.5. The fourth-order valence-electron chi connectivity index (χ4n) is 2.68. The summed E-state index contributed by atoms with van der Waals surface area (Å²) in [6.45, 7) is 3.10. The van der Waals surface area contributed by atoms with Crippen LogP contribution in [0, 0.1) is 0 Å². The van der Waals surface area contributed by atoms with E-state index in [9.17, 15) is 0 Å². The van der Waals surface area contributed by atoms with Crippen molar-refractivity contribution in [3.8, 4) is 0 Å². The molecule has 18 heavy (non-hydrogen) atoms. The molecule has 2 nitrogen and oxygen atoms in total. The van der Waals surface area contributed by atoms with Crippen molar-refractivity contribution >= 4 is 11.6 Å². The Morgan fingerprint density at radius 2 is 2.06 bits per heavy atom. The fourth-order valence-corrected chi connectivity index (χ4v) is 3.04. The molecule has 1 aliphatic rings. The quantitative estimate of drug-likeness (QED) is 0.908. The number of likely N-dealkylation sites (tertiary alicyclic amines) is 1. The Balaban J connectivity index is 2.05. The SMILES string of the molecule is CN1CCC(c2ccc(CCCN)cc2Cl)CC1. The van der Waals surface area contributed by atoms with Gasteiger partial charge >= 0.3 is 0 Å². The number of piperidine rings is 1. The van der Waals surface area contributed by atoms with Crippen LogP contribution >= 0.6 is 11.6 Å². The maximum Gasteiger partial charge on any atom is 0.0443 e. The molecule has 3 heteroatoms. The van der Waals surface area contributed by atoms with Crippen molar-refractivity contribution in [3.05, 3.63) is 34.3 Å². The van der Waals surface area contributed by atoms with Crippen molar-refractivity contribution in [1.29, 1.82) is 0 Å². The zero-order valence-corrected chi connectivity index (χ0v) is 11.9. The first kappa shape index (κ1) is 13.9.